The third-order valence-electron chi connectivity index (χ3n) is 4.48. The summed E-state index contributed by atoms with van der Waals surface area (Å²) in [5, 5.41) is 6.41. The molecular weight excluding hydrogens is 397 g/mol. The van der Waals surface area contributed by atoms with Crippen LogP contribution in [0.3, 0.4) is 0 Å². The number of carbonyl (C=O) groups excluding carboxylic acids is 2. The molecule has 3 aromatic carbocycles. The first-order chi connectivity index (χ1) is 14.9. The minimum Gasteiger partial charge on any atom is -0.489 e. The molecule has 0 radical (unpaired) electrons. The van der Waals surface area contributed by atoms with Crippen LogP contribution in [-0.2, 0) is 16.2 Å². The number of rotatable bonds is 6. The van der Waals surface area contributed by atoms with Crippen LogP contribution in [0.4, 0.5) is 10.1 Å². The molecule has 0 heterocycles. The summed E-state index contributed by atoms with van der Waals surface area (Å²) >= 11 is 0. The molecule has 3 rings (SSSR count). The van der Waals surface area contributed by atoms with Gasteiger partial charge in [-0.1, -0.05) is 30.3 Å². The number of nitrogens with zero attached hydrogens (tertiary/aromatic N) is 1. The van der Waals surface area contributed by atoms with Crippen LogP contribution in [0.1, 0.15) is 22.3 Å². The number of hydrazone groups is 1. The third-order valence-corrected chi connectivity index (χ3v) is 4.48. The van der Waals surface area contributed by atoms with Gasteiger partial charge in [0.15, 0.2) is 0 Å². The van der Waals surface area contributed by atoms with Gasteiger partial charge in [-0.25, -0.2) is 9.82 Å². The van der Waals surface area contributed by atoms with Crippen LogP contribution in [0.15, 0.2) is 71.8 Å². The summed E-state index contributed by atoms with van der Waals surface area (Å²) in [6.45, 7) is 3.95. The third kappa shape index (κ3) is 6.24. The first kappa shape index (κ1) is 21.7. The fraction of sp³-hybridized carbons (Fsp3) is 0.125. The van der Waals surface area contributed by atoms with Crippen LogP contribution in [-0.4, -0.2) is 18.0 Å². The predicted molar refractivity (Wildman–Crippen MR) is 117 cm³/mol. The van der Waals surface area contributed by atoms with Crippen molar-refractivity contribution in [1.29, 1.82) is 0 Å². The van der Waals surface area contributed by atoms with E-state index in [4.69, 9.17) is 4.74 Å². The molecule has 7 heteroatoms. The quantitative estimate of drug-likeness (QED) is 0.359. The number of carbonyl (C=O) groups is 2. The Bertz CT molecular complexity index is 1090. The van der Waals surface area contributed by atoms with E-state index in [1.807, 2.05) is 32.0 Å². The Labute approximate surface area is 179 Å². The Morgan fingerprint density at radius 2 is 1.65 bits per heavy atom. The summed E-state index contributed by atoms with van der Waals surface area (Å²) in [6, 6.07) is 18.7. The number of hydrogen-bond donors (Lipinski definition) is 2. The second-order valence-electron chi connectivity index (χ2n) is 6.91. The topological polar surface area (TPSA) is 79.8 Å². The van der Waals surface area contributed by atoms with E-state index < -0.39 is 11.8 Å². The van der Waals surface area contributed by atoms with Crippen molar-refractivity contribution >= 4 is 23.7 Å². The van der Waals surface area contributed by atoms with E-state index in [0.717, 1.165) is 16.7 Å². The van der Waals surface area contributed by atoms with Gasteiger partial charge in [-0.05, 0) is 72.5 Å². The first-order valence-electron chi connectivity index (χ1n) is 9.60. The second kappa shape index (κ2) is 10.2. The van der Waals surface area contributed by atoms with Crippen LogP contribution < -0.4 is 15.5 Å². The monoisotopic (exact) mass is 419 g/mol. The van der Waals surface area contributed by atoms with E-state index in [2.05, 4.69) is 15.8 Å². The number of ether oxygens (including phenoxy) is 1. The largest absolute Gasteiger partial charge is 0.489 e. The molecule has 0 unspecified atom stereocenters. The molecule has 0 spiro atoms. The van der Waals surface area contributed by atoms with Gasteiger partial charge < -0.3 is 10.1 Å². The Morgan fingerprint density at radius 3 is 2.32 bits per heavy atom. The number of amides is 2. The van der Waals surface area contributed by atoms with Gasteiger partial charge in [0.25, 0.3) is 0 Å². The fourth-order valence-electron chi connectivity index (χ4n) is 2.84. The number of anilines is 1. The summed E-state index contributed by atoms with van der Waals surface area (Å²) in [6.07, 6.45) is 1.42. The zero-order chi connectivity index (χ0) is 22.2. The van der Waals surface area contributed by atoms with E-state index in [9.17, 15) is 14.0 Å². The van der Waals surface area contributed by atoms with E-state index in [-0.39, 0.29) is 12.4 Å². The number of nitrogens with one attached hydrogen (secondary N) is 2. The van der Waals surface area contributed by atoms with E-state index in [0.29, 0.717) is 17.0 Å². The smallest absolute Gasteiger partial charge is 0.329 e. The van der Waals surface area contributed by atoms with Gasteiger partial charge in [0.05, 0.1) is 6.21 Å². The average Bonchev–Trinajstić information content (AvgIpc) is 2.75. The molecule has 0 saturated heterocycles. The average molecular weight is 419 g/mol. The van der Waals surface area contributed by atoms with Gasteiger partial charge in [-0.3, -0.25) is 9.59 Å². The van der Waals surface area contributed by atoms with Gasteiger partial charge in [0.2, 0.25) is 0 Å². The van der Waals surface area contributed by atoms with Crippen molar-refractivity contribution in [2.75, 3.05) is 5.32 Å². The summed E-state index contributed by atoms with van der Waals surface area (Å²) in [5.74, 6) is -1.36. The Balaban J connectivity index is 1.50. The maximum absolute atomic E-state index is 13.2. The molecule has 0 aliphatic carbocycles. The molecule has 0 fully saturated rings. The Hall–Kier alpha value is -4.00. The van der Waals surface area contributed by atoms with E-state index >= 15 is 0 Å². The van der Waals surface area contributed by atoms with Crippen molar-refractivity contribution < 1.29 is 18.7 Å². The number of halogens is 1. The van der Waals surface area contributed by atoms with Crippen molar-refractivity contribution in [2.24, 2.45) is 5.10 Å². The van der Waals surface area contributed by atoms with Crippen molar-refractivity contribution in [3.8, 4) is 5.75 Å². The van der Waals surface area contributed by atoms with Gasteiger partial charge in [0.1, 0.15) is 18.2 Å². The van der Waals surface area contributed by atoms with Crippen LogP contribution in [0.5, 0.6) is 5.75 Å². The molecule has 0 aliphatic heterocycles. The zero-order valence-corrected chi connectivity index (χ0v) is 17.2. The lowest BCUT2D eigenvalue weighted by Gasteiger charge is -2.10. The molecule has 0 bridgehead atoms. The van der Waals surface area contributed by atoms with E-state index in [1.54, 1.807) is 36.4 Å². The Kier molecular flexibility index (Phi) is 7.11. The molecule has 2 amide bonds. The minimum absolute atomic E-state index is 0.247. The highest BCUT2D eigenvalue weighted by Crippen LogP contribution is 2.19. The molecular formula is C24H22FN3O3. The van der Waals surface area contributed by atoms with E-state index in [1.165, 1.54) is 18.3 Å². The lowest BCUT2D eigenvalue weighted by Crippen LogP contribution is -2.32. The molecule has 0 aliphatic rings. The number of aryl methyl sites for hydroxylation is 2. The Morgan fingerprint density at radius 1 is 0.968 bits per heavy atom. The summed E-state index contributed by atoms with van der Waals surface area (Å²) in [5.41, 5.74) is 5.98. The zero-order valence-electron chi connectivity index (χ0n) is 17.2. The highest BCUT2D eigenvalue weighted by atomic mass is 19.1. The predicted octanol–water partition coefficient (Wildman–Crippen LogP) is 4.11. The van der Waals surface area contributed by atoms with Crippen molar-refractivity contribution in [2.45, 2.75) is 20.5 Å². The van der Waals surface area contributed by atoms with Gasteiger partial charge in [-0.2, -0.15) is 5.10 Å². The van der Waals surface area contributed by atoms with Gasteiger partial charge in [-0.15, -0.1) is 0 Å². The van der Waals surface area contributed by atoms with Crippen LogP contribution in [0.2, 0.25) is 0 Å². The highest BCUT2D eigenvalue weighted by Gasteiger charge is 2.15. The highest BCUT2D eigenvalue weighted by molar-refractivity contribution is 6.39. The van der Waals surface area contributed by atoms with Crippen LogP contribution in [0, 0.1) is 19.7 Å². The van der Waals surface area contributed by atoms with Crippen LogP contribution in [0.25, 0.3) is 0 Å². The maximum atomic E-state index is 13.2. The normalized spacial score (nSPS) is 10.7. The molecule has 31 heavy (non-hydrogen) atoms. The molecule has 6 nitrogen and oxygen atoms in total. The maximum Gasteiger partial charge on any atom is 0.329 e. The molecule has 0 saturated carbocycles. The number of benzene rings is 3. The standard InChI is InChI=1S/C24H22FN3O3/c1-16-5-3-6-17(2)22(16)27-23(29)24(30)28-26-14-18-9-11-21(12-10-18)31-15-19-7-4-8-20(25)13-19/h3-14H,15H2,1-2H3,(H,27,29)(H,28,30). The molecule has 0 aromatic heterocycles. The molecule has 158 valence electrons. The summed E-state index contributed by atoms with van der Waals surface area (Å²) in [7, 11) is 0. The van der Waals surface area contributed by atoms with Gasteiger partial charge in [0, 0.05) is 5.69 Å². The number of para-hydroxylation sites is 1. The van der Waals surface area contributed by atoms with Gasteiger partial charge >= 0.3 is 11.8 Å². The van der Waals surface area contributed by atoms with Crippen molar-refractivity contribution in [3.05, 3.63) is 94.8 Å². The minimum atomic E-state index is -0.867. The molecule has 0 atom stereocenters. The van der Waals surface area contributed by atoms with Crippen molar-refractivity contribution in [3.63, 3.8) is 0 Å². The fourth-order valence-corrected chi connectivity index (χ4v) is 2.84. The molecule has 2 N–H and O–H groups in total. The van der Waals surface area contributed by atoms with Crippen molar-refractivity contribution in [1.82, 2.24) is 5.43 Å². The lowest BCUT2D eigenvalue weighted by atomic mass is 10.1. The summed E-state index contributed by atoms with van der Waals surface area (Å²) < 4.78 is 18.8. The SMILES string of the molecule is Cc1cccc(C)c1NC(=O)C(=O)NN=Cc1ccc(OCc2cccc(F)c2)cc1. The van der Waals surface area contributed by atoms with Crippen LogP contribution >= 0.6 is 0 Å². The first-order valence-corrected chi connectivity index (χ1v) is 9.60. The molecule has 3 aromatic rings. The lowest BCUT2D eigenvalue weighted by molar-refractivity contribution is -0.136. The second-order valence-corrected chi connectivity index (χ2v) is 6.91. The summed E-state index contributed by atoms with van der Waals surface area (Å²) in [4.78, 5) is 24.1. The number of hydrogen-bond acceptors (Lipinski definition) is 4.